The van der Waals surface area contributed by atoms with Crippen molar-refractivity contribution in [3.8, 4) is 0 Å². The number of amides is 1. The van der Waals surface area contributed by atoms with Gasteiger partial charge in [-0.2, -0.15) is 0 Å². The molecule has 1 N–H and O–H groups in total. The minimum atomic E-state index is -0.801. The van der Waals surface area contributed by atoms with Crippen LogP contribution in [0.2, 0.25) is 4.34 Å². The summed E-state index contributed by atoms with van der Waals surface area (Å²) in [5, 5.41) is 9.54. The summed E-state index contributed by atoms with van der Waals surface area (Å²) in [7, 11) is 1.76. The molecule has 2 heterocycles. The van der Waals surface area contributed by atoms with Crippen molar-refractivity contribution >= 4 is 34.8 Å². The van der Waals surface area contributed by atoms with Gasteiger partial charge < -0.3 is 10.0 Å². The molecule has 5 nitrogen and oxygen atoms in total. The van der Waals surface area contributed by atoms with Gasteiger partial charge in [0, 0.05) is 18.0 Å². The van der Waals surface area contributed by atoms with Gasteiger partial charge in [0.15, 0.2) is 0 Å². The van der Waals surface area contributed by atoms with Gasteiger partial charge in [-0.25, -0.2) is 0 Å². The van der Waals surface area contributed by atoms with Gasteiger partial charge in [-0.05, 0) is 37.3 Å². The van der Waals surface area contributed by atoms with E-state index in [1.165, 1.54) is 17.8 Å². The zero-order chi connectivity index (χ0) is 17.3. The molecule has 3 rings (SSSR count). The normalized spacial score (nSPS) is 27.0. The van der Waals surface area contributed by atoms with Gasteiger partial charge in [-0.1, -0.05) is 24.4 Å². The van der Waals surface area contributed by atoms with Crippen LogP contribution in [0.25, 0.3) is 0 Å². The second-order valence-corrected chi connectivity index (χ2v) is 8.63. The fraction of sp³-hybridized carbons (Fsp3) is 0.647. The number of hydrogen-bond donors (Lipinski definition) is 1. The number of halogens is 1. The Balaban J connectivity index is 1.65. The van der Waals surface area contributed by atoms with Crippen molar-refractivity contribution in [1.29, 1.82) is 0 Å². The lowest BCUT2D eigenvalue weighted by Gasteiger charge is -2.33. The van der Waals surface area contributed by atoms with Crippen molar-refractivity contribution in [3.63, 3.8) is 0 Å². The van der Waals surface area contributed by atoms with Crippen molar-refractivity contribution in [2.45, 2.75) is 50.7 Å². The topological polar surface area (TPSA) is 60.9 Å². The van der Waals surface area contributed by atoms with Crippen LogP contribution >= 0.6 is 22.9 Å². The molecule has 7 heteroatoms. The Morgan fingerprint density at radius 1 is 1.38 bits per heavy atom. The highest BCUT2D eigenvalue weighted by atomic mass is 35.5. The Kier molecular flexibility index (Phi) is 5.47. The smallest absolute Gasteiger partial charge is 0.320 e. The monoisotopic (exact) mass is 370 g/mol. The van der Waals surface area contributed by atoms with Crippen molar-refractivity contribution in [2.75, 3.05) is 13.6 Å². The first kappa shape index (κ1) is 17.7. The van der Waals surface area contributed by atoms with Gasteiger partial charge in [-0.3, -0.25) is 14.5 Å². The molecule has 1 aliphatic carbocycles. The van der Waals surface area contributed by atoms with Crippen molar-refractivity contribution in [1.82, 2.24) is 9.80 Å². The van der Waals surface area contributed by atoms with E-state index in [1.807, 2.05) is 17.0 Å². The van der Waals surface area contributed by atoms with E-state index < -0.39 is 12.0 Å². The summed E-state index contributed by atoms with van der Waals surface area (Å²) >= 11 is 7.40. The van der Waals surface area contributed by atoms with Gasteiger partial charge in [0.1, 0.15) is 6.04 Å². The van der Waals surface area contributed by atoms with E-state index in [-0.39, 0.29) is 18.5 Å². The standard InChI is InChI=1S/C17H23ClN2O3S/c1-19(9-12-6-7-15(18)24-12)16(21)10-20-13-5-3-2-4-11(13)8-14(20)17(22)23/h6-7,11,13-14H,2-5,8-10H2,1H3,(H,22,23)/t11-,13+,14-/m0/s1. The molecular weight excluding hydrogens is 348 g/mol. The summed E-state index contributed by atoms with van der Waals surface area (Å²) in [6.07, 6.45) is 5.07. The third kappa shape index (κ3) is 3.76. The molecule has 2 fully saturated rings. The zero-order valence-corrected chi connectivity index (χ0v) is 15.4. The van der Waals surface area contributed by atoms with Crippen LogP contribution in [0.1, 0.15) is 37.0 Å². The third-order valence-corrected chi connectivity index (χ3v) is 6.49. The highest BCUT2D eigenvalue weighted by Crippen LogP contribution is 2.39. The van der Waals surface area contributed by atoms with Gasteiger partial charge in [0.25, 0.3) is 0 Å². The molecule has 0 radical (unpaired) electrons. The number of likely N-dealkylation sites (tertiary alicyclic amines) is 1. The molecule has 132 valence electrons. The van der Waals surface area contributed by atoms with Crippen LogP contribution in [-0.4, -0.2) is 52.5 Å². The molecular formula is C17H23ClN2O3S. The Labute approximate surface area is 151 Å². The minimum absolute atomic E-state index is 0.0306. The van der Waals surface area contributed by atoms with Crippen LogP contribution in [0, 0.1) is 5.92 Å². The molecule has 1 aromatic heterocycles. The van der Waals surface area contributed by atoms with Gasteiger partial charge in [-0.15, -0.1) is 11.3 Å². The van der Waals surface area contributed by atoms with E-state index in [4.69, 9.17) is 11.6 Å². The van der Waals surface area contributed by atoms with Crippen molar-refractivity contribution in [2.24, 2.45) is 5.92 Å². The van der Waals surface area contributed by atoms with Crippen molar-refractivity contribution < 1.29 is 14.7 Å². The Hall–Kier alpha value is -1.11. The Bertz CT molecular complexity index is 621. The number of carbonyl (C=O) groups excluding carboxylic acids is 1. The number of carboxylic acids is 1. The largest absolute Gasteiger partial charge is 0.480 e. The Morgan fingerprint density at radius 2 is 2.12 bits per heavy atom. The van der Waals surface area contributed by atoms with E-state index in [2.05, 4.69) is 0 Å². The lowest BCUT2D eigenvalue weighted by Crippen LogP contribution is -2.47. The van der Waals surface area contributed by atoms with Crippen LogP contribution in [0.5, 0.6) is 0 Å². The van der Waals surface area contributed by atoms with E-state index in [9.17, 15) is 14.7 Å². The van der Waals surface area contributed by atoms with E-state index in [0.717, 1.165) is 24.1 Å². The maximum absolute atomic E-state index is 12.6. The van der Waals surface area contributed by atoms with Crippen LogP contribution in [-0.2, 0) is 16.1 Å². The summed E-state index contributed by atoms with van der Waals surface area (Å²) in [5.74, 6) is -0.407. The first-order valence-corrected chi connectivity index (χ1v) is 9.62. The molecule has 0 spiro atoms. The van der Waals surface area contributed by atoms with Crippen molar-refractivity contribution in [3.05, 3.63) is 21.3 Å². The molecule has 0 aromatic carbocycles. The summed E-state index contributed by atoms with van der Waals surface area (Å²) < 4.78 is 0.710. The van der Waals surface area contributed by atoms with Crippen LogP contribution < -0.4 is 0 Å². The lowest BCUT2D eigenvalue weighted by molar-refractivity contribution is -0.144. The van der Waals surface area contributed by atoms with E-state index >= 15 is 0 Å². The molecule has 3 atom stereocenters. The quantitative estimate of drug-likeness (QED) is 0.865. The Morgan fingerprint density at radius 3 is 2.79 bits per heavy atom. The number of aliphatic carboxylic acids is 1. The molecule has 1 saturated heterocycles. The summed E-state index contributed by atoms with van der Waals surface area (Å²) in [4.78, 5) is 28.9. The van der Waals surface area contributed by atoms with Gasteiger partial charge in [0.05, 0.1) is 17.4 Å². The third-order valence-electron chi connectivity index (χ3n) is 5.27. The number of thiophene rings is 1. The maximum Gasteiger partial charge on any atom is 0.320 e. The number of likely N-dealkylation sites (N-methyl/N-ethyl adjacent to an activating group) is 1. The average Bonchev–Trinajstić information content (AvgIpc) is 3.11. The molecule has 2 aliphatic rings. The van der Waals surface area contributed by atoms with Crippen LogP contribution in [0.4, 0.5) is 0 Å². The van der Waals surface area contributed by atoms with Gasteiger partial charge in [0.2, 0.25) is 5.91 Å². The minimum Gasteiger partial charge on any atom is -0.480 e. The second-order valence-electron chi connectivity index (χ2n) is 6.83. The summed E-state index contributed by atoms with van der Waals surface area (Å²) in [5.41, 5.74) is 0. The number of fused-ring (bicyclic) bond motifs is 1. The zero-order valence-electron chi connectivity index (χ0n) is 13.8. The molecule has 0 bridgehead atoms. The molecule has 1 amide bonds. The number of nitrogens with zero attached hydrogens (tertiary/aromatic N) is 2. The fourth-order valence-corrected chi connectivity index (χ4v) is 5.20. The number of hydrogen-bond acceptors (Lipinski definition) is 4. The number of rotatable bonds is 5. The molecule has 1 aromatic rings. The van der Waals surface area contributed by atoms with E-state index in [0.29, 0.717) is 23.2 Å². The molecule has 1 saturated carbocycles. The van der Waals surface area contributed by atoms with E-state index in [1.54, 1.807) is 11.9 Å². The molecule has 1 aliphatic heterocycles. The SMILES string of the molecule is CN(Cc1ccc(Cl)s1)C(=O)CN1[C@@H]2CCCC[C@H]2C[C@H]1C(=O)O. The first-order valence-electron chi connectivity index (χ1n) is 8.42. The van der Waals surface area contributed by atoms with Crippen LogP contribution in [0.15, 0.2) is 12.1 Å². The second kappa shape index (κ2) is 7.42. The summed E-state index contributed by atoms with van der Waals surface area (Å²) in [6.45, 7) is 0.698. The highest BCUT2D eigenvalue weighted by molar-refractivity contribution is 7.16. The average molecular weight is 371 g/mol. The predicted octanol–water partition coefficient (Wildman–Crippen LogP) is 3.08. The fourth-order valence-electron chi connectivity index (χ4n) is 4.06. The maximum atomic E-state index is 12.6. The lowest BCUT2D eigenvalue weighted by atomic mass is 9.85. The molecule has 24 heavy (non-hydrogen) atoms. The number of carbonyl (C=O) groups is 2. The highest BCUT2D eigenvalue weighted by Gasteiger charge is 2.45. The molecule has 0 unspecified atom stereocenters. The summed E-state index contributed by atoms with van der Waals surface area (Å²) in [6, 6.07) is 3.47. The first-order chi connectivity index (χ1) is 11.5. The number of carboxylic acid groups (broad SMARTS) is 1. The predicted molar refractivity (Wildman–Crippen MR) is 94.3 cm³/mol. The van der Waals surface area contributed by atoms with Gasteiger partial charge >= 0.3 is 5.97 Å². The van der Waals surface area contributed by atoms with Crippen LogP contribution in [0.3, 0.4) is 0 Å².